The molecule has 1 saturated heterocycles. The van der Waals surface area contributed by atoms with Crippen LogP contribution >= 0.6 is 0 Å². The van der Waals surface area contributed by atoms with Crippen molar-refractivity contribution in [1.29, 1.82) is 0 Å². The minimum absolute atomic E-state index is 0.214. The van der Waals surface area contributed by atoms with Gasteiger partial charge < -0.3 is 16.0 Å². The highest BCUT2D eigenvalue weighted by Gasteiger charge is 2.38. The zero-order valence-electron chi connectivity index (χ0n) is 17.0. The molecule has 5 rings (SSSR count). The summed E-state index contributed by atoms with van der Waals surface area (Å²) < 4.78 is 0. The van der Waals surface area contributed by atoms with Crippen LogP contribution in [-0.4, -0.2) is 41.1 Å². The number of fused-ring (bicyclic) bond motifs is 2. The van der Waals surface area contributed by atoms with Crippen molar-refractivity contribution < 1.29 is 0 Å². The van der Waals surface area contributed by atoms with Gasteiger partial charge in [0.05, 0.1) is 11.2 Å². The van der Waals surface area contributed by atoms with Crippen LogP contribution in [0.3, 0.4) is 0 Å². The third-order valence-electron chi connectivity index (χ3n) is 6.54. The molecule has 1 atom stereocenters. The quantitative estimate of drug-likeness (QED) is 0.657. The molecule has 3 N–H and O–H groups in total. The fraction of sp³-hybridized carbons (Fsp3) is 0.435. The Morgan fingerprint density at radius 2 is 1.90 bits per heavy atom. The molecule has 2 aliphatic rings. The number of hydrogen-bond donors (Lipinski definition) is 2. The zero-order chi connectivity index (χ0) is 19.8. The highest BCUT2D eigenvalue weighted by atomic mass is 15.2. The molecule has 1 aliphatic heterocycles. The molecule has 0 bridgehead atoms. The lowest BCUT2D eigenvalue weighted by molar-refractivity contribution is 0.495. The van der Waals surface area contributed by atoms with Crippen LogP contribution in [0.5, 0.6) is 0 Å². The summed E-state index contributed by atoms with van der Waals surface area (Å²) in [6.45, 7) is 6.19. The van der Waals surface area contributed by atoms with E-state index in [4.69, 9.17) is 15.7 Å². The van der Waals surface area contributed by atoms with Gasteiger partial charge in [0.1, 0.15) is 5.82 Å². The second-order valence-electron chi connectivity index (χ2n) is 8.38. The van der Waals surface area contributed by atoms with Crippen molar-refractivity contribution in [3.63, 3.8) is 0 Å². The number of hydrogen-bond acceptors (Lipinski definition) is 6. The normalized spacial score (nSPS) is 22.3. The van der Waals surface area contributed by atoms with E-state index in [1.54, 1.807) is 0 Å². The van der Waals surface area contributed by atoms with Crippen molar-refractivity contribution in [1.82, 2.24) is 20.3 Å². The van der Waals surface area contributed by atoms with Gasteiger partial charge in [0.15, 0.2) is 0 Å². The summed E-state index contributed by atoms with van der Waals surface area (Å²) in [6, 6.07) is 10.6. The van der Waals surface area contributed by atoms with Gasteiger partial charge in [0.25, 0.3) is 0 Å². The standard InChI is InChI=1S/C23H28N6/c1-23(18-9-11-26-19-8-3-2-6-16(18)19)10-5-4-7-17-20(23)27-22(24)28-21(17)29-14-12-25-13-15-29/h2-3,6,8-9,11,25H,4-5,7,10,12-15H2,1H3,(H2,24,27,28). The molecular weight excluding hydrogens is 360 g/mol. The summed E-state index contributed by atoms with van der Waals surface area (Å²) in [5.74, 6) is 1.42. The minimum Gasteiger partial charge on any atom is -0.368 e. The van der Waals surface area contributed by atoms with Gasteiger partial charge in [-0.3, -0.25) is 4.98 Å². The Morgan fingerprint density at radius 3 is 2.76 bits per heavy atom. The summed E-state index contributed by atoms with van der Waals surface area (Å²) in [5, 5.41) is 4.63. The Hall–Kier alpha value is -2.73. The number of pyridine rings is 1. The Kier molecular flexibility index (Phi) is 4.59. The number of para-hydroxylation sites is 1. The summed E-state index contributed by atoms with van der Waals surface area (Å²) in [6.07, 6.45) is 6.29. The summed E-state index contributed by atoms with van der Waals surface area (Å²) in [7, 11) is 0. The first-order valence-corrected chi connectivity index (χ1v) is 10.6. The average molecular weight is 389 g/mol. The number of piperazine rings is 1. The molecule has 0 radical (unpaired) electrons. The third-order valence-corrected chi connectivity index (χ3v) is 6.54. The summed E-state index contributed by atoms with van der Waals surface area (Å²) in [4.78, 5) is 16.6. The van der Waals surface area contributed by atoms with Crippen LogP contribution in [0.2, 0.25) is 0 Å². The van der Waals surface area contributed by atoms with E-state index in [1.165, 1.54) is 16.5 Å². The van der Waals surface area contributed by atoms with Crippen molar-refractivity contribution in [2.45, 2.75) is 38.0 Å². The fourth-order valence-electron chi connectivity index (χ4n) is 5.05. The van der Waals surface area contributed by atoms with Gasteiger partial charge in [0.2, 0.25) is 5.95 Å². The van der Waals surface area contributed by atoms with Gasteiger partial charge in [-0.15, -0.1) is 0 Å². The first kappa shape index (κ1) is 18.3. The molecule has 29 heavy (non-hydrogen) atoms. The van der Waals surface area contributed by atoms with E-state index in [-0.39, 0.29) is 5.41 Å². The van der Waals surface area contributed by atoms with Crippen molar-refractivity contribution in [2.24, 2.45) is 0 Å². The number of rotatable bonds is 2. The van der Waals surface area contributed by atoms with Crippen molar-refractivity contribution in [3.8, 4) is 0 Å². The van der Waals surface area contributed by atoms with E-state index in [0.717, 1.165) is 68.9 Å². The van der Waals surface area contributed by atoms with E-state index in [9.17, 15) is 0 Å². The van der Waals surface area contributed by atoms with Crippen LogP contribution in [0.25, 0.3) is 10.9 Å². The molecule has 3 aromatic rings. The molecule has 0 saturated carbocycles. The van der Waals surface area contributed by atoms with Gasteiger partial charge in [-0.2, -0.15) is 4.98 Å². The highest BCUT2D eigenvalue weighted by Crippen LogP contribution is 2.44. The molecule has 2 aromatic heterocycles. The Labute approximate surface area is 171 Å². The van der Waals surface area contributed by atoms with Gasteiger partial charge in [0, 0.05) is 48.7 Å². The van der Waals surface area contributed by atoms with Crippen LogP contribution in [0.15, 0.2) is 36.5 Å². The molecule has 3 heterocycles. The van der Waals surface area contributed by atoms with E-state index < -0.39 is 0 Å². The lowest BCUT2D eigenvalue weighted by Gasteiger charge is -2.34. The largest absolute Gasteiger partial charge is 0.368 e. The van der Waals surface area contributed by atoms with Crippen LogP contribution < -0.4 is 16.0 Å². The van der Waals surface area contributed by atoms with Crippen LogP contribution in [0.1, 0.15) is 43.0 Å². The first-order chi connectivity index (χ1) is 14.2. The molecule has 0 amide bonds. The fourth-order valence-corrected chi connectivity index (χ4v) is 5.05. The number of nitrogens with two attached hydrogens (primary N) is 1. The second kappa shape index (κ2) is 7.26. The first-order valence-electron chi connectivity index (χ1n) is 10.6. The topological polar surface area (TPSA) is 80.0 Å². The smallest absolute Gasteiger partial charge is 0.222 e. The Morgan fingerprint density at radius 1 is 1.07 bits per heavy atom. The predicted octanol–water partition coefficient (Wildman–Crippen LogP) is 3.05. The van der Waals surface area contributed by atoms with E-state index in [2.05, 4.69) is 46.4 Å². The number of benzene rings is 1. The summed E-state index contributed by atoms with van der Waals surface area (Å²) in [5.41, 5.74) is 10.8. The number of nitrogens with zero attached hydrogens (tertiary/aromatic N) is 4. The molecule has 1 unspecified atom stereocenters. The number of anilines is 2. The maximum absolute atomic E-state index is 6.28. The molecule has 0 spiro atoms. The van der Waals surface area contributed by atoms with Crippen molar-refractivity contribution in [2.75, 3.05) is 36.8 Å². The minimum atomic E-state index is -0.214. The number of nitrogens with one attached hydrogen (secondary N) is 1. The number of nitrogen functional groups attached to an aromatic ring is 1. The molecule has 1 fully saturated rings. The van der Waals surface area contributed by atoms with Gasteiger partial charge in [-0.05, 0) is 43.9 Å². The average Bonchev–Trinajstić information content (AvgIpc) is 2.93. The Balaban J connectivity index is 1.73. The van der Waals surface area contributed by atoms with Crippen LogP contribution in [0, 0.1) is 0 Å². The second-order valence-corrected chi connectivity index (χ2v) is 8.38. The van der Waals surface area contributed by atoms with Crippen molar-refractivity contribution >= 4 is 22.7 Å². The molecule has 1 aliphatic carbocycles. The maximum Gasteiger partial charge on any atom is 0.222 e. The summed E-state index contributed by atoms with van der Waals surface area (Å²) >= 11 is 0. The van der Waals surface area contributed by atoms with Gasteiger partial charge in [-0.1, -0.05) is 24.6 Å². The molecule has 150 valence electrons. The van der Waals surface area contributed by atoms with E-state index >= 15 is 0 Å². The number of aromatic nitrogens is 3. The SMILES string of the molecule is CC1(c2ccnc3ccccc23)CCCCc2c(N3CCNCC3)nc(N)nc21. The highest BCUT2D eigenvalue weighted by molar-refractivity contribution is 5.83. The lowest BCUT2D eigenvalue weighted by Crippen LogP contribution is -2.44. The van der Waals surface area contributed by atoms with Crippen LogP contribution in [-0.2, 0) is 11.8 Å². The lowest BCUT2D eigenvalue weighted by atomic mass is 9.74. The van der Waals surface area contributed by atoms with Gasteiger partial charge in [-0.25, -0.2) is 4.98 Å². The molecular formula is C23H28N6. The molecule has 6 nitrogen and oxygen atoms in total. The van der Waals surface area contributed by atoms with Gasteiger partial charge >= 0.3 is 0 Å². The monoisotopic (exact) mass is 388 g/mol. The van der Waals surface area contributed by atoms with E-state index in [1.807, 2.05) is 12.3 Å². The molecule has 6 heteroatoms. The Bertz CT molecular complexity index is 1040. The molecule has 1 aromatic carbocycles. The predicted molar refractivity (Wildman–Crippen MR) is 117 cm³/mol. The van der Waals surface area contributed by atoms with E-state index in [0.29, 0.717) is 5.95 Å². The maximum atomic E-state index is 6.28. The third kappa shape index (κ3) is 3.12. The van der Waals surface area contributed by atoms with Crippen molar-refractivity contribution in [3.05, 3.63) is 53.3 Å². The van der Waals surface area contributed by atoms with Crippen LogP contribution in [0.4, 0.5) is 11.8 Å². The zero-order valence-corrected chi connectivity index (χ0v) is 17.0.